The lowest BCUT2D eigenvalue weighted by Crippen LogP contribution is -2.02. The van der Waals surface area contributed by atoms with Crippen LogP contribution >= 0.6 is 15.9 Å². The van der Waals surface area contributed by atoms with E-state index in [-0.39, 0.29) is 0 Å². The summed E-state index contributed by atoms with van der Waals surface area (Å²) in [5, 5.41) is 0.974. The molecule has 18 heavy (non-hydrogen) atoms. The molecular weight excluding hydrogens is 288 g/mol. The fraction of sp³-hybridized carbons (Fsp3) is 0.125. The van der Waals surface area contributed by atoms with E-state index in [1.807, 2.05) is 24.3 Å². The van der Waals surface area contributed by atoms with Crippen molar-refractivity contribution in [3.63, 3.8) is 0 Å². The Morgan fingerprint density at radius 3 is 2.00 bits per heavy atom. The minimum atomic E-state index is 0.942. The third-order valence-corrected chi connectivity index (χ3v) is 3.49. The smallest absolute Gasteiger partial charge is 0.135 e. The highest BCUT2D eigenvalue weighted by molar-refractivity contribution is 9.09. The van der Waals surface area contributed by atoms with Crippen molar-refractivity contribution >= 4 is 21.5 Å². The first-order chi connectivity index (χ1) is 8.90. The monoisotopic (exact) mass is 300 g/mol. The van der Waals surface area contributed by atoms with E-state index in [0.717, 1.165) is 23.2 Å². The van der Waals surface area contributed by atoms with Crippen LogP contribution in [0.3, 0.4) is 0 Å². The summed E-state index contributed by atoms with van der Waals surface area (Å²) in [5.74, 6) is 1.88. The molecule has 0 fully saturated rings. The number of rotatable bonds is 2. The minimum absolute atomic E-state index is 0.942. The molecule has 0 N–H and O–H groups in total. The van der Waals surface area contributed by atoms with Crippen LogP contribution in [0.25, 0.3) is 5.57 Å². The van der Waals surface area contributed by atoms with Crippen molar-refractivity contribution in [2.24, 2.45) is 0 Å². The summed E-state index contributed by atoms with van der Waals surface area (Å²) < 4.78 is 5.94. The van der Waals surface area contributed by atoms with Gasteiger partial charge in [0.2, 0.25) is 0 Å². The number of alkyl halides is 1. The maximum Gasteiger partial charge on any atom is 0.135 e. The molecule has 2 aromatic rings. The van der Waals surface area contributed by atoms with Gasteiger partial charge in [0.15, 0.2) is 0 Å². The SMILES string of the molecule is BrCCC=C1c2ccccc2Oc2ccccc21. The van der Waals surface area contributed by atoms with Crippen LogP contribution < -0.4 is 4.74 Å². The van der Waals surface area contributed by atoms with Crippen molar-refractivity contribution in [2.75, 3.05) is 5.33 Å². The van der Waals surface area contributed by atoms with Gasteiger partial charge in [-0.15, -0.1) is 0 Å². The van der Waals surface area contributed by atoms with Gasteiger partial charge in [0.05, 0.1) is 0 Å². The molecule has 3 rings (SSSR count). The summed E-state index contributed by atoms with van der Waals surface area (Å²) in [7, 11) is 0. The van der Waals surface area contributed by atoms with E-state index in [4.69, 9.17) is 4.74 Å². The molecule has 0 atom stereocenters. The molecule has 0 saturated heterocycles. The maximum atomic E-state index is 5.94. The zero-order valence-corrected chi connectivity index (χ0v) is 11.5. The van der Waals surface area contributed by atoms with Crippen molar-refractivity contribution in [3.8, 4) is 11.5 Å². The zero-order chi connectivity index (χ0) is 12.4. The van der Waals surface area contributed by atoms with Crippen LogP contribution in [0.5, 0.6) is 11.5 Å². The predicted octanol–water partition coefficient (Wildman–Crippen LogP) is 5.01. The van der Waals surface area contributed by atoms with Crippen molar-refractivity contribution in [2.45, 2.75) is 6.42 Å². The van der Waals surface area contributed by atoms with Crippen LogP contribution in [0.15, 0.2) is 54.6 Å². The summed E-state index contributed by atoms with van der Waals surface area (Å²) >= 11 is 3.48. The zero-order valence-electron chi connectivity index (χ0n) is 9.90. The van der Waals surface area contributed by atoms with Gasteiger partial charge in [-0.1, -0.05) is 58.4 Å². The Morgan fingerprint density at radius 1 is 0.889 bits per heavy atom. The summed E-state index contributed by atoms with van der Waals surface area (Å²) in [6, 6.07) is 16.4. The Labute approximate surface area is 115 Å². The van der Waals surface area contributed by atoms with Gasteiger partial charge in [0, 0.05) is 16.5 Å². The highest BCUT2D eigenvalue weighted by Crippen LogP contribution is 2.43. The highest BCUT2D eigenvalue weighted by Gasteiger charge is 2.20. The lowest BCUT2D eigenvalue weighted by molar-refractivity contribution is 0.474. The summed E-state index contributed by atoms with van der Waals surface area (Å²) in [6.45, 7) is 0. The van der Waals surface area contributed by atoms with Crippen molar-refractivity contribution < 1.29 is 4.74 Å². The first-order valence-corrected chi connectivity index (χ1v) is 7.15. The number of para-hydroxylation sites is 2. The van der Waals surface area contributed by atoms with Gasteiger partial charge in [-0.3, -0.25) is 0 Å². The van der Waals surface area contributed by atoms with Gasteiger partial charge in [0.25, 0.3) is 0 Å². The Bertz CT molecular complexity index is 554. The molecule has 90 valence electrons. The number of halogens is 1. The van der Waals surface area contributed by atoms with E-state index in [1.165, 1.54) is 16.7 Å². The standard InChI is InChI=1S/C16H13BrO/c17-11-5-8-12-13-6-1-3-9-15(13)18-16-10-4-2-7-14(12)16/h1-4,6-10H,5,11H2. The van der Waals surface area contributed by atoms with Crippen molar-refractivity contribution in [3.05, 3.63) is 65.7 Å². The predicted molar refractivity (Wildman–Crippen MR) is 78.4 cm³/mol. The van der Waals surface area contributed by atoms with Crippen LogP contribution in [0.4, 0.5) is 0 Å². The maximum absolute atomic E-state index is 5.94. The number of benzene rings is 2. The quantitative estimate of drug-likeness (QED) is 0.605. The first kappa shape index (κ1) is 11.5. The molecule has 0 spiro atoms. The van der Waals surface area contributed by atoms with Crippen molar-refractivity contribution in [1.29, 1.82) is 0 Å². The Balaban J connectivity index is 2.18. The van der Waals surface area contributed by atoms with Crippen LogP contribution in [-0.4, -0.2) is 5.33 Å². The van der Waals surface area contributed by atoms with Gasteiger partial charge in [-0.25, -0.2) is 0 Å². The average Bonchev–Trinajstić information content (AvgIpc) is 2.43. The van der Waals surface area contributed by atoms with Crippen LogP contribution in [-0.2, 0) is 0 Å². The van der Waals surface area contributed by atoms with E-state index in [1.54, 1.807) is 0 Å². The Hall–Kier alpha value is -1.54. The second kappa shape index (κ2) is 4.99. The largest absolute Gasteiger partial charge is 0.456 e. The molecule has 0 amide bonds. The molecule has 1 aliphatic heterocycles. The van der Waals surface area contributed by atoms with E-state index in [2.05, 4.69) is 46.3 Å². The molecule has 1 nitrogen and oxygen atoms in total. The fourth-order valence-electron chi connectivity index (χ4n) is 2.24. The molecule has 0 radical (unpaired) electrons. The van der Waals surface area contributed by atoms with Gasteiger partial charge in [-0.2, -0.15) is 0 Å². The molecule has 0 saturated carbocycles. The summed E-state index contributed by atoms with van der Waals surface area (Å²) in [4.78, 5) is 0. The molecule has 0 bridgehead atoms. The lowest BCUT2D eigenvalue weighted by Gasteiger charge is -2.22. The third kappa shape index (κ3) is 1.97. The number of ether oxygens (including phenoxy) is 1. The van der Waals surface area contributed by atoms with E-state index < -0.39 is 0 Å². The average molecular weight is 301 g/mol. The minimum Gasteiger partial charge on any atom is -0.456 e. The van der Waals surface area contributed by atoms with Crippen LogP contribution in [0, 0.1) is 0 Å². The van der Waals surface area contributed by atoms with Crippen LogP contribution in [0.2, 0.25) is 0 Å². The number of allylic oxidation sites excluding steroid dienone is 1. The van der Waals surface area contributed by atoms with Gasteiger partial charge in [0.1, 0.15) is 11.5 Å². The first-order valence-electron chi connectivity index (χ1n) is 6.03. The lowest BCUT2D eigenvalue weighted by atomic mass is 9.93. The fourth-order valence-corrected chi connectivity index (χ4v) is 2.47. The van der Waals surface area contributed by atoms with Crippen LogP contribution in [0.1, 0.15) is 17.5 Å². The molecular formula is C16H13BrO. The molecule has 0 aliphatic carbocycles. The summed E-state index contributed by atoms with van der Waals surface area (Å²) in [6.07, 6.45) is 3.28. The van der Waals surface area contributed by atoms with Gasteiger partial charge < -0.3 is 4.74 Å². The van der Waals surface area contributed by atoms with Gasteiger partial charge >= 0.3 is 0 Å². The number of hydrogen-bond donors (Lipinski definition) is 0. The Morgan fingerprint density at radius 2 is 1.44 bits per heavy atom. The number of hydrogen-bond acceptors (Lipinski definition) is 1. The molecule has 2 aromatic carbocycles. The van der Waals surface area contributed by atoms with E-state index in [9.17, 15) is 0 Å². The number of fused-ring (bicyclic) bond motifs is 2. The topological polar surface area (TPSA) is 9.23 Å². The Kier molecular flexibility index (Phi) is 3.20. The molecule has 2 heteroatoms. The van der Waals surface area contributed by atoms with E-state index >= 15 is 0 Å². The molecule has 1 heterocycles. The van der Waals surface area contributed by atoms with Crippen molar-refractivity contribution in [1.82, 2.24) is 0 Å². The van der Waals surface area contributed by atoms with Gasteiger partial charge in [-0.05, 0) is 24.1 Å². The molecule has 0 unspecified atom stereocenters. The summed E-state index contributed by atoms with van der Waals surface area (Å²) in [5.41, 5.74) is 3.63. The normalized spacial score (nSPS) is 12.4. The second-order valence-corrected chi connectivity index (χ2v) is 4.98. The third-order valence-electron chi connectivity index (χ3n) is 3.03. The molecule has 1 aliphatic rings. The second-order valence-electron chi connectivity index (χ2n) is 4.19. The van der Waals surface area contributed by atoms with E-state index in [0.29, 0.717) is 0 Å². The highest BCUT2D eigenvalue weighted by atomic mass is 79.9. The molecule has 0 aromatic heterocycles.